The van der Waals surface area contributed by atoms with Gasteiger partial charge in [0.05, 0.1) is 0 Å². The second-order valence-electron chi connectivity index (χ2n) is 12.5. The van der Waals surface area contributed by atoms with Gasteiger partial charge in [0.15, 0.2) is 0 Å². The normalized spacial score (nSPS) is 112. The van der Waals surface area contributed by atoms with Crippen LogP contribution in [0.2, 0.25) is 47.2 Å². The minimum absolute atomic E-state index is 0.282. The van der Waals surface area contributed by atoms with Gasteiger partial charge >= 0.3 is 108 Å². The summed E-state index contributed by atoms with van der Waals surface area (Å²) in [6.45, 7) is -3.44. The fraction of sp³-hybridized carbons (Fsp3) is 0.941. The number of hydrogen-bond acceptors (Lipinski definition) is 1. The van der Waals surface area contributed by atoms with Gasteiger partial charge in [-0.15, -0.1) is 0 Å². The Morgan fingerprint density at radius 2 is 1.50 bits per heavy atom. The number of carbonyl (C=O) groups is 1. The molecule has 5 atom stereocenters. The van der Waals surface area contributed by atoms with Crippen molar-refractivity contribution < 1.29 is 11.3 Å². The first-order chi connectivity index (χ1) is 9.49. The third-order valence-electron chi connectivity index (χ3n) is 17.5. The summed E-state index contributed by atoms with van der Waals surface area (Å²) in [6, 6.07) is 0. The molecule has 20 heavy (non-hydrogen) atoms. The van der Waals surface area contributed by atoms with Crippen molar-refractivity contribution in [2.24, 2.45) is 11.7 Å². The van der Waals surface area contributed by atoms with Gasteiger partial charge in [0.2, 0.25) is 0 Å². The van der Waals surface area contributed by atoms with Crippen LogP contribution in [0.1, 0.15) is 32.1 Å². The quantitative estimate of drug-likeness (QED) is 0.764. The van der Waals surface area contributed by atoms with E-state index < -0.39 is 6.51 Å². The van der Waals surface area contributed by atoms with Crippen LogP contribution in [0.5, 0.6) is 0 Å². The van der Waals surface area contributed by atoms with Crippen molar-refractivity contribution in [3.63, 3.8) is 0 Å². The summed E-state index contributed by atoms with van der Waals surface area (Å²) in [4.78, 5) is 22.5. The second-order valence-corrected chi connectivity index (χ2v) is 35.8. The van der Waals surface area contributed by atoms with Crippen molar-refractivity contribution in [2.45, 2.75) is 79.3 Å². The predicted octanol–water partition coefficient (Wildman–Crippen LogP) is 4.18. The van der Waals surface area contributed by atoms with Crippen LogP contribution >= 0.6 is 0 Å². The molecule has 10 aliphatic heterocycles. The third-order valence-corrected chi connectivity index (χ3v) is 60.7. The van der Waals surface area contributed by atoms with Crippen molar-refractivity contribution in [1.82, 2.24) is 0 Å². The van der Waals surface area contributed by atoms with Gasteiger partial charge in [-0.05, 0) is 0 Å². The van der Waals surface area contributed by atoms with Crippen molar-refractivity contribution in [3.05, 3.63) is 0 Å². The second kappa shape index (κ2) is 0.726. The summed E-state index contributed by atoms with van der Waals surface area (Å²) in [5.41, 5.74) is 6.26. The molecule has 11 rings (SSSR count). The van der Waals surface area contributed by atoms with E-state index >= 15 is 0 Å². The van der Waals surface area contributed by atoms with Crippen molar-refractivity contribution >= 4 is 5.91 Å². The van der Waals surface area contributed by atoms with Gasteiger partial charge in [-0.1, -0.05) is 0 Å². The Hall–Kier alpha value is -0.0105. The van der Waals surface area contributed by atoms with Gasteiger partial charge in [0.1, 0.15) is 0 Å². The van der Waals surface area contributed by atoms with Crippen molar-refractivity contribution in [3.8, 4) is 0 Å². The molecule has 2 nitrogen and oxygen atoms in total. The van der Waals surface area contributed by atoms with Crippen LogP contribution in [-0.2, 0) is 11.3 Å². The Morgan fingerprint density at radius 1 is 0.900 bits per heavy atom. The van der Waals surface area contributed by atoms with E-state index in [0.717, 1.165) is 10.7 Å². The van der Waals surface area contributed by atoms with Crippen LogP contribution in [-0.4, -0.2) is 5.91 Å². The number of nitrogens with two attached hydrogens (primary N) is 1. The van der Waals surface area contributed by atoms with Gasteiger partial charge in [-0.25, -0.2) is 0 Å². The fourth-order valence-electron chi connectivity index (χ4n) is 20.2. The molecule has 0 aromatic rings. The number of hydrogen-bond donors (Lipinski definition) is 1. The van der Waals surface area contributed by atoms with Gasteiger partial charge < -0.3 is 0 Å². The predicted molar refractivity (Wildman–Crippen MR) is 71.2 cm³/mol. The minimum atomic E-state index is -3.44. The zero-order valence-electron chi connectivity index (χ0n) is 11.6. The standard InChI is InChI=1S/C12H16NO.C5H5.Fe/c13-12(14)11-8-4-7-10(11)9-5-2-1-3-6-9;1-2-4-5-3-1;/h4,7-9H,1-3,5-6H2,(H2,13,14);1-5H;. The molecule has 2 N–H and O–H groups in total. The van der Waals surface area contributed by atoms with E-state index in [0.29, 0.717) is 4.31 Å². The summed E-state index contributed by atoms with van der Waals surface area (Å²) in [5, 5.41) is 0. The van der Waals surface area contributed by atoms with Gasteiger partial charge in [-0.2, -0.15) is 0 Å². The zero-order chi connectivity index (χ0) is 12.6. The molecule has 1 amide bonds. The number of primary amides is 1. The van der Waals surface area contributed by atoms with Crippen LogP contribution in [0.15, 0.2) is 0 Å². The summed E-state index contributed by atoms with van der Waals surface area (Å²) < 4.78 is 0.992. The fourth-order valence-corrected chi connectivity index (χ4v) is 97.4. The number of rotatable bonds is 2. The Labute approximate surface area is 108 Å². The van der Waals surface area contributed by atoms with Crippen LogP contribution in [0, 0.1) is 5.92 Å². The van der Waals surface area contributed by atoms with E-state index in [2.05, 4.69) is 0 Å². The first-order valence-corrected chi connectivity index (χ1v) is 15.2. The van der Waals surface area contributed by atoms with Gasteiger partial charge in [0.25, 0.3) is 0 Å². The van der Waals surface area contributed by atoms with E-state index in [1.807, 2.05) is 0 Å². The SMILES string of the molecule is NC(=O)[C]12[CH]3[CH]4[CH]5[C]1(C1CCCCC1)[Fe]43521678[CH]2[CH]1[CH]6[CH]7[CH]28. The number of carbonyl (C=O) groups excluding carboxylic acids is 1. The number of fused-ring (bicyclic) bond motifs is 10. The molecule has 1 spiro atoms. The zero-order valence-corrected chi connectivity index (χ0v) is 12.7. The maximum atomic E-state index is 12.9. The molecule has 1 aliphatic carbocycles. The monoisotopic (exact) mass is 311 g/mol. The van der Waals surface area contributed by atoms with Gasteiger partial charge in [0, 0.05) is 0 Å². The maximum absolute atomic E-state index is 12.9. The third kappa shape index (κ3) is 0.0851. The molecule has 3 heteroatoms. The molecule has 0 aromatic carbocycles. The van der Waals surface area contributed by atoms with E-state index in [9.17, 15) is 4.79 Å². The molecule has 11 aliphatic rings. The molecular weight excluding hydrogens is 290 g/mol. The van der Waals surface area contributed by atoms with Crippen LogP contribution in [0.25, 0.3) is 0 Å². The summed E-state index contributed by atoms with van der Waals surface area (Å²) in [6.07, 6.45) is 7.36. The first-order valence-electron chi connectivity index (χ1n) is 9.00. The Morgan fingerprint density at radius 3 is 1.90 bits per heavy atom. The van der Waals surface area contributed by atoms with Crippen LogP contribution in [0.4, 0.5) is 0 Å². The summed E-state index contributed by atoms with van der Waals surface area (Å²) in [7, 11) is 0. The Bertz CT molecular complexity index is 1090. The molecule has 10 heterocycles. The molecule has 5 unspecified atom stereocenters. The van der Waals surface area contributed by atoms with Crippen LogP contribution in [0.3, 0.4) is 0 Å². The average molecular weight is 311 g/mol. The number of amides is 1. The van der Waals surface area contributed by atoms with E-state index in [-0.39, 0.29) is 10.2 Å². The first kappa shape index (κ1) is 8.01. The summed E-state index contributed by atoms with van der Waals surface area (Å²) in [5.74, 6) is 1.28. The van der Waals surface area contributed by atoms with Gasteiger partial charge in [-0.3, -0.25) is 0 Å². The van der Waals surface area contributed by atoms with E-state index in [1.165, 1.54) is 65.8 Å². The molecular formula is C17H21FeNO. The topological polar surface area (TPSA) is 43.1 Å². The molecule has 0 radical (unpaired) electrons. The van der Waals surface area contributed by atoms with E-state index in [1.54, 1.807) is 0 Å². The van der Waals surface area contributed by atoms with E-state index in [4.69, 9.17) is 5.73 Å². The molecule has 108 valence electrons. The average Bonchev–Trinajstić information content (AvgIpc) is 3.40. The molecule has 10 saturated heterocycles. The molecule has 0 bridgehead atoms. The summed E-state index contributed by atoms with van der Waals surface area (Å²) >= 11 is 0. The molecule has 0 aromatic heterocycles. The van der Waals surface area contributed by atoms with Crippen LogP contribution < -0.4 is 5.73 Å². The molecule has 11 fully saturated rings. The Balaban J connectivity index is 1.48. The van der Waals surface area contributed by atoms with Crippen molar-refractivity contribution in [2.75, 3.05) is 0 Å². The molecule has 1 saturated carbocycles. The van der Waals surface area contributed by atoms with Crippen molar-refractivity contribution in [1.29, 1.82) is 0 Å². The Kier molecular flexibility index (Phi) is 0.291.